The van der Waals surface area contributed by atoms with E-state index in [0.29, 0.717) is 6.79 Å². The molecular weight excluding hydrogens is 230 g/mol. The van der Waals surface area contributed by atoms with Gasteiger partial charge in [0.15, 0.2) is 11.5 Å². The average Bonchev–Trinajstić information content (AvgIpc) is 3.05. The van der Waals surface area contributed by atoms with Crippen molar-refractivity contribution in [3.8, 4) is 11.5 Å². The van der Waals surface area contributed by atoms with E-state index in [2.05, 4.69) is 12.2 Å². The maximum Gasteiger partial charge on any atom is 0.231 e. The second-order valence-corrected chi connectivity index (χ2v) is 4.12. The minimum absolute atomic E-state index is 0.0412. The molecule has 0 aliphatic carbocycles. The lowest BCUT2D eigenvalue weighted by Crippen LogP contribution is -2.21. The Balaban J connectivity index is 1.95. The van der Waals surface area contributed by atoms with Gasteiger partial charge in [0.2, 0.25) is 6.79 Å². The number of hydrogen-bond acceptors (Lipinski definition) is 4. The highest BCUT2D eigenvalue weighted by Crippen LogP contribution is 2.35. The van der Waals surface area contributed by atoms with E-state index in [4.69, 9.17) is 13.9 Å². The van der Waals surface area contributed by atoms with Gasteiger partial charge in [-0.25, -0.2) is 0 Å². The molecule has 0 amide bonds. The predicted molar refractivity (Wildman–Crippen MR) is 66.8 cm³/mol. The largest absolute Gasteiger partial charge is 0.467 e. The van der Waals surface area contributed by atoms with Crippen molar-refractivity contribution in [3.63, 3.8) is 0 Å². The van der Waals surface area contributed by atoms with Crippen LogP contribution < -0.4 is 14.8 Å². The quantitative estimate of drug-likeness (QED) is 0.899. The van der Waals surface area contributed by atoms with Crippen molar-refractivity contribution in [1.82, 2.24) is 5.32 Å². The van der Waals surface area contributed by atoms with Crippen molar-refractivity contribution in [3.05, 3.63) is 47.9 Å². The lowest BCUT2D eigenvalue weighted by atomic mass is 10.0. The second kappa shape index (κ2) is 4.74. The lowest BCUT2D eigenvalue weighted by molar-refractivity contribution is 0.174. The molecule has 1 aromatic carbocycles. The molecule has 0 saturated heterocycles. The smallest absolute Gasteiger partial charge is 0.231 e. The van der Waals surface area contributed by atoms with E-state index in [-0.39, 0.29) is 6.04 Å². The van der Waals surface area contributed by atoms with Crippen molar-refractivity contribution in [1.29, 1.82) is 0 Å². The second-order valence-electron chi connectivity index (χ2n) is 4.12. The molecule has 2 heterocycles. The van der Waals surface area contributed by atoms with Gasteiger partial charge in [0, 0.05) is 0 Å². The Morgan fingerprint density at radius 1 is 1.22 bits per heavy atom. The summed E-state index contributed by atoms with van der Waals surface area (Å²) >= 11 is 0. The van der Waals surface area contributed by atoms with Crippen LogP contribution >= 0.6 is 0 Å². The fourth-order valence-corrected chi connectivity index (χ4v) is 2.14. The van der Waals surface area contributed by atoms with E-state index in [1.54, 1.807) is 6.26 Å². The molecule has 3 rings (SSSR count). The Morgan fingerprint density at radius 3 is 2.89 bits per heavy atom. The third-order valence-corrected chi connectivity index (χ3v) is 2.97. The van der Waals surface area contributed by atoms with Gasteiger partial charge in [0.05, 0.1) is 12.3 Å². The van der Waals surface area contributed by atoms with Gasteiger partial charge in [0.1, 0.15) is 5.76 Å². The van der Waals surface area contributed by atoms with Gasteiger partial charge in [-0.3, -0.25) is 0 Å². The van der Waals surface area contributed by atoms with Crippen LogP contribution in [-0.2, 0) is 0 Å². The van der Waals surface area contributed by atoms with Gasteiger partial charge in [-0.2, -0.15) is 0 Å². The van der Waals surface area contributed by atoms with Crippen LogP contribution in [0.15, 0.2) is 41.0 Å². The zero-order chi connectivity index (χ0) is 12.4. The molecule has 18 heavy (non-hydrogen) atoms. The molecule has 1 aliphatic rings. The van der Waals surface area contributed by atoms with Gasteiger partial charge in [-0.15, -0.1) is 0 Å². The standard InChI is InChI=1S/C14H15NO3/c1-2-15-14(12-4-3-7-16-12)10-5-6-11-13(8-10)18-9-17-11/h3-8,14-15H,2,9H2,1H3. The first-order valence-electron chi connectivity index (χ1n) is 6.05. The predicted octanol–water partition coefficient (Wildman–Crippen LogP) is 2.71. The molecule has 1 N–H and O–H groups in total. The monoisotopic (exact) mass is 245 g/mol. The van der Waals surface area contributed by atoms with E-state index in [0.717, 1.165) is 29.4 Å². The highest BCUT2D eigenvalue weighted by molar-refractivity contribution is 5.46. The molecular formula is C14H15NO3. The summed E-state index contributed by atoms with van der Waals surface area (Å²) in [6, 6.07) is 9.87. The number of furan rings is 1. The maximum absolute atomic E-state index is 5.49. The van der Waals surface area contributed by atoms with Crippen molar-refractivity contribution in [2.24, 2.45) is 0 Å². The van der Waals surface area contributed by atoms with E-state index < -0.39 is 0 Å². The molecule has 1 atom stereocenters. The van der Waals surface area contributed by atoms with Crippen LogP contribution in [0.4, 0.5) is 0 Å². The molecule has 1 unspecified atom stereocenters. The number of nitrogens with one attached hydrogen (secondary N) is 1. The van der Waals surface area contributed by atoms with E-state index in [1.807, 2.05) is 30.3 Å². The normalized spacial score (nSPS) is 14.7. The number of ether oxygens (including phenoxy) is 2. The van der Waals surface area contributed by atoms with Crippen LogP contribution in [0.25, 0.3) is 0 Å². The molecule has 0 fully saturated rings. The van der Waals surface area contributed by atoms with Crippen LogP contribution in [0.5, 0.6) is 11.5 Å². The molecule has 0 radical (unpaired) electrons. The van der Waals surface area contributed by atoms with Gasteiger partial charge >= 0.3 is 0 Å². The fourth-order valence-electron chi connectivity index (χ4n) is 2.14. The zero-order valence-corrected chi connectivity index (χ0v) is 10.2. The highest BCUT2D eigenvalue weighted by atomic mass is 16.7. The number of rotatable bonds is 4. The fraction of sp³-hybridized carbons (Fsp3) is 0.286. The van der Waals surface area contributed by atoms with Gasteiger partial charge in [-0.05, 0) is 36.4 Å². The third-order valence-electron chi connectivity index (χ3n) is 2.97. The molecule has 0 bridgehead atoms. The summed E-state index contributed by atoms with van der Waals surface area (Å²) in [4.78, 5) is 0. The van der Waals surface area contributed by atoms with Gasteiger partial charge < -0.3 is 19.2 Å². The van der Waals surface area contributed by atoms with Crippen molar-refractivity contribution >= 4 is 0 Å². The van der Waals surface area contributed by atoms with Crippen LogP contribution in [0.2, 0.25) is 0 Å². The topological polar surface area (TPSA) is 43.6 Å². The highest BCUT2D eigenvalue weighted by Gasteiger charge is 2.20. The summed E-state index contributed by atoms with van der Waals surface area (Å²) in [5.41, 5.74) is 1.11. The molecule has 4 heteroatoms. The summed E-state index contributed by atoms with van der Waals surface area (Å²) < 4.78 is 16.2. The Kier molecular flexibility index (Phi) is 2.94. The summed E-state index contributed by atoms with van der Waals surface area (Å²) in [7, 11) is 0. The number of hydrogen-bond donors (Lipinski definition) is 1. The number of fused-ring (bicyclic) bond motifs is 1. The van der Waals surface area contributed by atoms with E-state index >= 15 is 0 Å². The molecule has 2 aromatic rings. The summed E-state index contributed by atoms with van der Waals surface area (Å²) in [6.07, 6.45) is 1.69. The first-order chi connectivity index (χ1) is 8.88. The van der Waals surface area contributed by atoms with Crippen LogP contribution in [0.3, 0.4) is 0 Å². The lowest BCUT2D eigenvalue weighted by Gasteiger charge is -2.16. The van der Waals surface area contributed by atoms with Crippen molar-refractivity contribution in [2.75, 3.05) is 13.3 Å². The summed E-state index contributed by atoms with van der Waals surface area (Å²) in [5, 5.41) is 3.40. The summed E-state index contributed by atoms with van der Waals surface area (Å²) in [5.74, 6) is 2.49. The molecule has 94 valence electrons. The first-order valence-corrected chi connectivity index (χ1v) is 6.05. The van der Waals surface area contributed by atoms with Gasteiger partial charge in [-0.1, -0.05) is 13.0 Å². The van der Waals surface area contributed by atoms with Crippen molar-refractivity contribution in [2.45, 2.75) is 13.0 Å². The van der Waals surface area contributed by atoms with Gasteiger partial charge in [0.25, 0.3) is 0 Å². The van der Waals surface area contributed by atoms with E-state index in [9.17, 15) is 0 Å². The molecule has 0 saturated carbocycles. The van der Waals surface area contributed by atoms with Crippen molar-refractivity contribution < 1.29 is 13.9 Å². The summed E-state index contributed by atoms with van der Waals surface area (Å²) in [6.45, 7) is 3.23. The average molecular weight is 245 g/mol. The Bertz CT molecular complexity index is 522. The Morgan fingerprint density at radius 2 is 2.11 bits per heavy atom. The van der Waals surface area contributed by atoms with Crippen LogP contribution in [-0.4, -0.2) is 13.3 Å². The Hall–Kier alpha value is -1.94. The molecule has 1 aliphatic heterocycles. The molecule has 0 spiro atoms. The maximum atomic E-state index is 5.49. The minimum Gasteiger partial charge on any atom is -0.467 e. The zero-order valence-electron chi connectivity index (χ0n) is 10.2. The SMILES string of the molecule is CCNC(c1ccc2c(c1)OCO2)c1ccco1. The van der Waals surface area contributed by atoms with Crippen LogP contribution in [0, 0.1) is 0 Å². The minimum atomic E-state index is 0.0412. The molecule has 4 nitrogen and oxygen atoms in total. The number of benzene rings is 1. The van der Waals surface area contributed by atoms with Crippen LogP contribution in [0.1, 0.15) is 24.3 Å². The Labute approximate surface area is 106 Å². The third kappa shape index (κ3) is 1.95. The van der Waals surface area contributed by atoms with E-state index in [1.165, 1.54) is 0 Å². The first kappa shape index (κ1) is 11.2. The molecule has 1 aromatic heterocycles.